The average molecular weight is 381 g/mol. The summed E-state index contributed by atoms with van der Waals surface area (Å²) in [6.07, 6.45) is 0.924. The first kappa shape index (κ1) is 17.2. The molecule has 2 N–H and O–H groups in total. The fourth-order valence-corrected chi connectivity index (χ4v) is 5.39. The molecular weight excluding hydrogens is 364 g/mol. The van der Waals surface area contributed by atoms with Crippen molar-refractivity contribution in [3.63, 3.8) is 0 Å². The zero-order valence-electron chi connectivity index (χ0n) is 12.8. The smallest absolute Gasteiger partial charge is 0.271 e. The van der Waals surface area contributed by atoms with Crippen LogP contribution in [0.15, 0.2) is 52.7 Å². The van der Waals surface area contributed by atoms with Crippen molar-refractivity contribution in [1.29, 1.82) is 0 Å². The van der Waals surface area contributed by atoms with E-state index in [1.165, 1.54) is 16.9 Å². The van der Waals surface area contributed by atoms with Crippen LogP contribution in [0.3, 0.4) is 0 Å². The maximum atomic E-state index is 12.7. The van der Waals surface area contributed by atoms with E-state index in [1.807, 2.05) is 36.4 Å². The lowest BCUT2D eigenvalue weighted by molar-refractivity contribution is 0.602. The second-order valence-corrected chi connectivity index (χ2v) is 8.57. The fraction of sp³-hybridized carbons (Fsp3) is 0.176. The number of anilines is 1. The molecule has 4 nitrogen and oxygen atoms in total. The van der Waals surface area contributed by atoms with E-state index in [4.69, 9.17) is 0 Å². The molecule has 0 fully saturated rings. The number of benzene rings is 2. The predicted octanol–water partition coefficient (Wildman–Crippen LogP) is 3.77. The average Bonchev–Trinajstić information content (AvgIpc) is 3.00. The third kappa shape index (κ3) is 3.15. The zero-order valence-corrected chi connectivity index (χ0v) is 15.2. The molecule has 126 valence electrons. The summed E-state index contributed by atoms with van der Waals surface area (Å²) in [4.78, 5) is 0. The van der Waals surface area contributed by atoms with Crippen molar-refractivity contribution >= 4 is 49.5 Å². The topological polar surface area (TPSA) is 58.2 Å². The van der Waals surface area contributed by atoms with Gasteiger partial charge in [0.1, 0.15) is 4.21 Å². The molecule has 0 bridgehead atoms. The van der Waals surface area contributed by atoms with Crippen LogP contribution in [0.4, 0.5) is 5.69 Å². The van der Waals surface area contributed by atoms with Crippen molar-refractivity contribution in [1.82, 2.24) is 5.32 Å². The van der Waals surface area contributed by atoms with Crippen LogP contribution in [0.2, 0.25) is 0 Å². The molecular formula is C17H17ClN2O2S2. The number of fused-ring (bicyclic) bond motifs is 2. The molecule has 0 aliphatic carbocycles. The molecule has 2 aromatic carbocycles. The van der Waals surface area contributed by atoms with Gasteiger partial charge in [0.05, 0.1) is 5.69 Å². The van der Waals surface area contributed by atoms with Crippen molar-refractivity contribution in [2.45, 2.75) is 17.2 Å². The molecule has 0 saturated heterocycles. The minimum atomic E-state index is -3.57. The van der Waals surface area contributed by atoms with E-state index in [2.05, 4.69) is 16.1 Å². The Kier molecular flexibility index (Phi) is 4.83. The van der Waals surface area contributed by atoms with Crippen molar-refractivity contribution in [2.24, 2.45) is 0 Å². The van der Waals surface area contributed by atoms with Gasteiger partial charge >= 0.3 is 0 Å². The van der Waals surface area contributed by atoms with Gasteiger partial charge < -0.3 is 5.32 Å². The van der Waals surface area contributed by atoms with E-state index in [0.717, 1.165) is 28.6 Å². The van der Waals surface area contributed by atoms with E-state index in [0.29, 0.717) is 16.4 Å². The Morgan fingerprint density at radius 1 is 1.08 bits per heavy atom. The van der Waals surface area contributed by atoms with Gasteiger partial charge in [-0.3, -0.25) is 4.72 Å². The van der Waals surface area contributed by atoms with Crippen LogP contribution in [0.25, 0.3) is 10.1 Å². The second-order valence-electron chi connectivity index (χ2n) is 5.58. The number of sulfonamides is 1. The van der Waals surface area contributed by atoms with E-state index in [9.17, 15) is 8.42 Å². The normalized spacial score (nSPS) is 14.0. The Morgan fingerprint density at radius 2 is 1.92 bits per heavy atom. The van der Waals surface area contributed by atoms with Crippen LogP contribution in [0.1, 0.15) is 11.1 Å². The molecule has 0 atom stereocenters. The monoisotopic (exact) mass is 380 g/mol. The summed E-state index contributed by atoms with van der Waals surface area (Å²) in [5, 5.41) is 4.25. The van der Waals surface area contributed by atoms with Crippen LogP contribution >= 0.6 is 23.7 Å². The molecule has 1 aliphatic rings. The SMILES string of the molecule is Cl.O=S(=O)(Nc1cccc2c1CNCC2)c1cc2ccccc2s1. The minimum absolute atomic E-state index is 0. The summed E-state index contributed by atoms with van der Waals surface area (Å²) in [5.41, 5.74) is 2.93. The third-order valence-corrected chi connectivity index (χ3v) is 7.01. The fourth-order valence-electron chi connectivity index (χ4n) is 2.89. The summed E-state index contributed by atoms with van der Waals surface area (Å²) in [5.74, 6) is 0. The molecule has 0 radical (unpaired) electrons. The Balaban J connectivity index is 0.00000169. The van der Waals surface area contributed by atoms with E-state index >= 15 is 0 Å². The highest BCUT2D eigenvalue weighted by atomic mass is 35.5. The summed E-state index contributed by atoms with van der Waals surface area (Å²) < 4.78 is 29.6. The van der Waals surface area contributed by atoms with Gasteiger partial charge in [0, 0.05) is 11.2 Å². The van der Waals surface area contributed by atoms with Crippen LogP contribution in [0.5, 0.6) is 0 Å². The highest BCUT2D eigenvalue weighted by Gasteiger charge is 2.20. The molecule has 0 spiro atoms. The molecule has 0 saturated carbocycles. The van der Waals surface area contributed by atoms with Crippen LogP contribution in [-0.2, 0) is 23.0 Å². The lowest BCUT2D eigenvalue weighted by Crippen LogP contribution is -2.25. The van der Waals surface area contributed by atoms with Crippen molar-refractivity contribution in [3.05, 3.63) is 59.7 Å². The number of rotatable bonds is 3. The van der Waals surface area contributed by atoms with Gasteiger partial charge in [-0.1, -0.05) is 30.3 Å². The van der Waals surface area contributed by atoms with Gasteiger partial charge in [0.2, 0.25) is 0 Å². The Hall–Kier alpha value is -1.60. The summed E-state index contributed by atoms with van der Waals surface area (Å²) in [6, 6.07) is 15.2. The molecule has 4 rings (SSSR count). The number of thiophene rings is 1. The van der Waals surface area contributed by atoms with E-state index in [1.54, 1.807) is 6.07 Å². The molecule has 7 heteroatoms. The Morgan fingerprint density at radius 3 is 2.75 bits per heavy atom. The lowest BCUT2D eigenvalue weighted by atomic mass is 10.00. The van der Waals surface area contributed by atoms with Crippen molar-refractivity contribution < 1.29 is 8.42 Å². The Labute approximate surface area is 151 Å². The van der Waals surface area contributed by atoms with Gasteiger partial charge in [-0.15, -0.1) is 23.7 Å². The maximum absolute atomic E-state index is 12.7. The van der Waals surface area contributed by atoms with Crippen LogP contribution in [0, 0.1) is 0 Å². The number of hydrogen-bond acceptors (Lipinski definition) is 4. The molecule has 3 aromatic rings. The minimum Gasteiger partial charge on any atom is -0.312 e. The number of halogens is 1. The largest absolute Gasteiger partial charge is 0.312 e. The van der Waals surface area contributed by atoms with Crippen LogP contribution in [-0.4, -0.2) is 15.0 Å². The molecule has 0 unspecified atom stereocenters. The molecule has 1 aliphatic heterocycles. The van der Waals surface area contributed by atoms with Gasteiger partial charge in [-0.2, -0.15) is 0 Å². The quantitative estimate of drug-likeness (QED) is 0.727. The van der Waals surface area contributed by atoms with Crippen LogP contribution < -0.4 is 10.0 Å². The lowest BCUT2D eigenvalue weighted by Gasteiger charge is -2.20. The van der Waals surface area contributed by atoms with Crippen molar-refractivity contribution in [2.75, 3.05) is 11.3 Å². The predicted molar refractivity (Wildman–Crippen MR) is 102 cm³/mol. The van der Waals surface area contributed by atoms with Gasteiger partial charge in [-0.25, -0.2) is 8.42 Å². The highest BCUT2D eigenvalue weighted by Crippen LogP contribution is 2.31. The molecule has 2 heterocycles. The highest BCUT2D eigenvalue weighted by molar-refractivity contribution is 7.94. The first-order valence-corrected chi connectivity index (χ1v) is 9.76. The second kappa shape index (κ2) is 6.72. The van der Waals surface area contributed by atoms with Gasteiger partial charge in [-0.05, 0) is 47.7 Å². The summed E-state index contributed by atoms with van der Waals surface area (Å²) >= 11 is 1.29. The van der Waals surface area contributed by atoms with E-state index in [-0.39, 0.29) is 12.4 Å². The molecule has 24 heavy (non-hydrogen) atoms. The summed E-state index contributed by atoms with van der Waals surface area (Å²) in [6.45, 7) is 1.62. The Bertz CT molecular complexity index is 950. The standard InChI is InChI=1S/C17H16N2O2S2.ClH/c20-23(21,17-10-13-4-1-2-7-16(13)22-17)19-15-6-3-5-12-8-9-18-11-14(12)15;/h1-7,10,18-19H,8-9,11H2;1H. The zero-order chi connectivity index (χ0) is 15.9. The van der Waals surface area contributed by atoms with Crippen molar-refractivity contribution in [3.8, 4) is 0 Å². The number of hydrogen-bond donors (Lipinski definition) is 2. The first-order chi connectivity index (χ1) is 11.1. The summed E-state index contributed by atoms with van der Waals surface area (Å²) in [7, 11) is -3.57. The van der Waals surface area contributed by atoms with Gasteiger partial charge in [0.15, 0.2) is 0 Å². The maximum Gasteiger partial charge on any atom is 0.271 e. The molecule has 1 aromatic heterocycles. The number of nitrogens with one attached hydrogen (secondary N) is 2. The first-order valence-electron chi connectivity index (χ1n) is 7.46. The molecule has 0 amide bonds. The van der Waals surface area contributed by atoms with E-state index < -0.39 is 10.0 Å². The third-order valence-electron chi connectivity index (χ3n) is 4.06. The van der Waals surface area contributed by atoms with Gasteiger partial charge in [0.25, 0.3) is 10.0 Å².